The van der Waals surface area contributed by atoms with Crippen LogP contribution in [0.15, 0.2) is 96.0 Å². The highest BCUT2D eigenvalue weighted by Crippen LogP contribution is 2.37. The lowest BCUT2D eigenvalue weighted by Crippen LogP contribution is -2.25. The second-order valence-corrected chi connectivity index (χ2v) is 10.5. The van der Waals surface area contributed by atoms with Gasteiger partial charge in [-0.15, -0.1) is 0 Å². The Labute approximate surface area is 238 Å². The summed E-state index contributed by atoms with van der Waals surface area (Å²) in [5, 5.41) is 14.3. The summed E-state index contributed by atoms with van der Waals surface area (Å²) in [4.78, 5) is 23.1. The van der Waals surface area contributed by atoms with E-state index in [0.29, 0.717) is 17.0 Å². The van der Waals surface area contributed by atoms with Gasteiger partial charge >= 0.3 is 0 Å². The minimum absolute atomic E-state index is 0.148. The van der Waals surface area contributed by atoms with Gasteiger partial charge in [-0.25, -0.2) is 4.98 Å². The summed E-state index contributed by atoms with van der Waals surface area (Å²) in [7, 11) is 1.62. The standard InChI is InChI=1S/C33H28N4O2S/c1-4-31(32(38)36-30-18-21(2)35-28-13-9-8-12-25(28)30)40-33-27(20-34)26(22-14-16-24(39-3)17-15-22)19-29(37-33)23-10-6-5-7-11-23/h5-19,31H,4H2,1-3H3,(H,35,36,38). The van der Waals surface area contributed by atoms with Gasteiger partial charge in [0.05, 0.1) is 34.8 Å². The second-order valence-electron chi connectivity index (χ2n) is 9.27. The molecule has 0 saturated carbocycles. The molecule has 0 aliphatic carbocycles. The first-order valence-corrected chi connectivity index (χ1v) is 13.9. The van der Waals surface area contributed by atoms with Gasteiger partial charge in [-0.1, -0.05) is 79.3 Å². The molecular weight excluding hydrogens is 516 g/mol. The van der Waals surface area contributed by atoms with Crippen LogP contribution in [0.4, 0.5) is 5.69 Å². The minimum atomic E-state index is -0.471. The van der Waals surface area contributed by atoms with Crippen molar-refractivity contribution < 1.29 is 9.53 Å². The molecule has 1 unspecified atom stereocenters. The van der Waals surface area contributed by atoms with E-state index in [1.165, 1.54) is 11.8 Å². The van der Waals surface area contributed by atoms with Crippen LogP contribution in [0, 0.1) is 18.3 Å². The fourth-order valence-corrected chi connectivity index (χ4v) is 5.58. The average Bonchev–Trinajstić information content (AvgIpc) is 2.99. The van der Waals surface area contributed by atoms with E-state index in [0.717, 1.165) is 50.4 Å². The molecule has 0 radical (unpaired) electrons. The number of methoxy groups -OCH3 is 1. The van der Waals surface area contributed by atoms with Gasteiger partial charge in [0.1, 0.15) is 16.8 Å². The number of pyridine rings is 2. The number of rotatable bonds is 8. The SMILES string of the molecule is CCC(Sc1nc(-c2ccccc2)cc(-c2ccc(OC)cc2)c1C#N)C(=O)Nc1cc(C)nc2ccccc12. The van der Waals surface area contributed by atoms with Crippen LogP contribution in [0.1, 0.15) is 24.6 Å². The van der Waals surface area contributed by atoms with Crippen LogP contribution in [0.2, 0.25) is 0 Å². The Kier molecular flexibility index (Phi) is 8.09. The number of amides is 1. The number of carbonyl (C=O) groups is 1. The molecule has 2 aromatic heterocycles. The number of nitrogens with zero attached hydrogens (tertiary/aromatic N) is 3. The molecule has 0 aliphatic rings. The van der Waals surface area contributed by atoms with Crippen molar-refractivity contribution in [2.75, 3.05) is 12.4 Å². The Morgan fingerprint density at radius 2 is 1.70 bits per heavy atom. The molecule has 5 rings (SSSR count). The molecule has 1 atom stereocenters. The Balaban J connectivity index is 1.54. The van der Waals surface area contributed by atoms with Crippen molar-refractivity contribution in [2.24, 2.45) is 0 Å². The first kappa shape index (κ1) is 26.9. The summed E-state index contributed by atoms with van der Waals surface area (Å²) in [5.74, 6) is 0.584. The van der Waals surface area contributed by atoms with E-state index in [9.17, 15) is 10.1 Å². The van der Waals surface area contributed by atoms with Crippen molar-refractivity contribution in [1.82, 2.24) is 9.97 Å². The molecule has 40 heavy (non-hydrogen) atoms. The average molecular weight is 545 g/mol. The number of nitrogens with one attached hydrogen (secondary N) is 1. The number of benzene rings is 3. The molecule has 3 aromatic carbocycles. The molecule has 1 amide bonds. The molecule has 1 N–H and O–H groups in total. The summed E-state index contributed by atoms with van der Waals surface area (Å²) < 4.78 is 5.33. The zero-order chi connectivity index (χ0) is 28.1. The number of carbonyl (C=O) groups excluding carboxylic acids is 1. The molecule has 0 fully saturated rings. The topological polar surface area (TPSA) is 87.9 Å². The zero-order valence-corrected chi connectivity index (χ0v) is 23.3. The van der Waals surface area contributed by atoms with Crippen molar-refractivity contribution >= 4 is 34.3 Å². The van der Waals surface area contributed by atoms with Crippen molar-refractivity contribution in [2.45, 2.75) is 30.5 Å². The highest BCUT2D eigenvalue weighted by Gasteiger charge is 2.24. The Morgan fingerprint density at radius 3 is 2.40 bits per heavy atom. The van der Waals surface area contributed by atoms with Crippen LogP contribution in [0.25, 0.3) is 33.3 Å². The van der Waals surface area contributed by atoms with Gasteiger partial charge in [0.2, 0.25) is 5.91 Å². The molecule has 7 heteroatoms. The molecule has 0 aliphatic heterocycles. The predicted molar refractivity (Wildman–Crippen MR) is 161 cm³/mol. The van der Waals surface area contributed by atoms with Crippen molar-refractivity contribution in [3.63, 3.8) is 0 Å². The van der Waals surface area contributed by atoms with Crippen LogP contribution in [-0.2, 0) is 4.79 Å². The number of fused-ring (bicyclic) bond motifs is 1. The van der Waals surface area contributed by atoms with Gasteiger partial charge in [0, 0.05) is 22.2 Å². The predicted octanol–water partition coefficient (Wildman–Crippen LogP) is 7.66. The van der Waals surface area contributed by atoms with Gasteiger partial charge < -0.3 is 10.1 Å². The highest BCUT2D eigenvalue weighted by atomic mass is 32.2. The third-order valence-corrected chi connectivity index (χ3v) is 7.94. The smallest absolute Gasteiger partial charge is 0.237 e. The van der Waals surface area contributed by atoms with E-state index < -0.39 is 5.25 Å². The molecule has 6 nitrogen and oxygen atoms in total. The number of hydrogen-bond acceptors (Lipinski definition) is 6. The first-order chi connectivity index (χ1) is 19.5. The van der Waals surface area contributed by atoms with Crippen molar-refractivity contribution in [3.05, 3.63) is 102 Å². The van der Waals surface area contributed by atoms with Gasteiger partial charge in [-0.05, 0) is 49.2 Å². The van der Waals surface area contributed by atoms with Crippen molar-refractivity contribution in [1.29, 1.82) is 5.26 Å². The highest BCUT2D eigenvalue weighted by molar-refractivity contribution is 8.00. The van der Waals surface area contributed by atoms with E-state index in [-0.39, 0.29) is 5.91 Å². The number of thioether (sulfide) groups is 1. The number of anilines is 1. The number of para-hydroxylation sites is 1. The number of ether oxygens (including phenoxy) is 1. The molecule has 0 spiro atoms. The number of hydrogen-bond donors (Lipinski definition) is 1. The van der Waals surface area contributed by atoms with Crippen LogP contribution in [-0.4, -0.2) is 28.2 Å². The number of aryl methyl sites for hydroxylation is 1. The van der Waals surface area contributed by atoms with Crippen LogP contribution < -0.4 is 10.1 Å². The minimum Gasteiger partial charge on any atom is -0.497 e. The summed E-state index contributed by atoms with van der Waals surface area (Å²) in [6.07, 6.45) is 0.554. The Bertz CT molecular complexity index is 1710. The molecule has 0 bridgehead atoms. The van der Waals surface area contributed by atoms with Gasteiger partial charge in [0.15, 0.2) is 0 Å². The van der Waals surface area contributed by atoms with E-state index >= 15 is 0 Å². The molecule has 0 saturated heterocycles. The third kappa shape index (κ3) is 5.68. The quantitative estimate of drug-likeness (QED) is 0.202. The summed E-state index contributed by atoms with van der Waals surface area (Å²) >= 11 is 1.32. The van der Waals surface area contributed by atoms with Crippen molar-refractivity contribution in [3.8, 4) is 34.2 Å². The summed E-state index contributed by atoms with van der Waals surface area (Å²) in [6, 6.07) is 31.4. The summed E-state index contributed by atoms with van der Waals surface area (Å²) in [6.45, 7) is 3.87. The fourth-order valence-electron chi connectivity index (χ4n) is 4.55. The summed E-state index contributed by atoms with van der Waals surface area (Å²) in [5.41, 5.74) is 6.10. The zero-order valence-electron chi connectivity index (χ0n) is 22.5. The van der Waals surface area contributed by atoms with E-state index in [4.69, 9.17) is 9.72 Å². The van der Waals surface area contributed by atoms with Crippen LogP contribution in [0.3, 0.4) is 0 Å². The maximum atomic E-state index is 13.6. The lowest BCUT2D eigenvalue weighted by molar-refractivity contribution is -0.115. The van der Waals surface area contributed by atoms with E-state index in [1.54, 1.807) is 7.11 Å². The normalized spacial score (nSPS) is 11.6. The third-order valence-electron chi connectivity index (χ3n) is 6.59. The Hall–Kier alpha value is -4.67. The van der Waals surface area contributed by atoms with E-state index in [1.807, 2.05) is 105 Å². The fraction of sp³-hybridized carbons (Fsp3) is 0.152. The number of nitriles is 1. The molecule has 198 valence electrons. The lowest BCUT2D eigenvalue weighted by atomic mass is 9.99. The molecule has 2 heterocycles. The van der Waals surface area contributed by atoms with Crippen LogP contribution >= 0.6 is 11.8 Å². The maximum Gasteiger partial charge on any atom is 0.237 e. The van der Waals surface area contributed by atoms with Gasteiger partial charge in [0.25, 0.3) is 0 Å². The second kappa shape index (κ2) is 12.0. The van der Waals surface area contributed by atoms with Crippen LogP contribution in [0.5, 0.6) is 5.75 Å². The molecular formula is C33H28N4O2S. The Morgan fingerprint density at radius 1 is 0.975 bits per heavy atom. The lowest BCUT2D eigenvalue weighted by Gasteiger charge is -2.18. The van der Waals surface area contributed by atoms with Gasteiger partial charge in [-0.2, -0.15) is 5.26 Å². The first-order valence-electron chi connectivity index (χ1n) is 13.0. The van der Waals surface area contributed by atoms with Gasteiger partial charge in [-0.3, -0.25) is 9.78 Å². The number of aromatic nitrogens is 2. The van der Waals surface area contributed by atoms with E-state index in [2.05, 4.69) is 16.4 Å². The largest absolute Gasteiger partial charge is 0.497 e. The maximum absolute atomic E-state index is 13.6. The monoisotopic (exact) mass is 544 g/mol. The molecule has 5 aromatic rings.